The minimum Gasteiger partial charge on any atom is -0.322 e. The van der Waals surface area contributed by atoms with Crippen LogP contribution in [0.25, 0.3) is 0 Å². The zero-order valence-corrected chi connectivity index (χ0v) is 13.7. The summed E-state index contributed by atoms with van der Waals surface area (Å²) in [5.41, 5.74) is 3.47. The third-order valence-corrected chi connectivity index (χ3v) is 4.26. The van der Waals surface area contributed by atoms with Gasteiger partial charge in [0.05, 0.1) is 0 Å². The Kier molecular flexibility index (Phi) is 4.34. The fourth-order valence-corrected chi connectivity index (χ4v) is 2.99. The molecule has 1 N–H and O–H groups in total. The summed E-state index contributed by atoms with van der Waals surface area (Å²) < 4.78 is 13.3. The highest BCUT2D eigenvalue weighted by Gasteiger charge is 2.20. The van der Waals surface area contributed by atoms with Gasteiger partial charge in [-0.1, -0.05) is 0 Å². The highest BCUT2D eigenvalue weighted by Crippen LogP contribution is 2.30. The van der Waals surface area contributed by atoms with E-state index in [1.807, 2.05) is 12.1 Å². The summed E-state index contributed by atoms with van der Waals surface area (Å²) >= 11 is 0. The molecule has 0 bridgehead atoms. The largest absolute Gasteiger partial charge is 0.322 e. The van der Waals surface area contributed by atoms with E-state index in [4.69, 9.17) is 0 Å². The molecular formula is C19H19FN2O2. The van der Waals surface area contributed by atoms with Gasteiger partial charge in [-0.2, -0.15) is 0 Å². The molecule has 2 aromatic carbocycles. The SMILES string of the molecule is CC(=O)N1CCCc2cc(NC(=O)c3ccc(F)c(C)c3)ccc21. The average Bonchev–Trinajstić information content (AvgIpc) is 2.56. The maximum Gasteiger partial charge on any atom is 0.255 e. The van der Waals surface area contributed by atoms with Crippen LogP contribution in [0.1, 0.15) is 34.8 Å². The number of carbonyl (C=O) groups is 2. The fraction of sp³-hybridized carbons (Fsp3) is 0.263. The first-order valence-corrected chi connectivity index (χ1v) is 7.94. The van der Waals surface area contributed by atoms with Crippen LogP contribution >= 0.6 is 0 Å². The zero-order chi connectivity index (χ0) is 17.3. The zero-order valence-electron chi connectivity index (χ0n) is 13.7. The van der Waals surface area contributed by atoms with Crippen LogP contribution in [0.5, 0.6) is 0 Å². The van der Waals surface area contributed by atoms with E-state index in [0.29, 0.717) is 16.8 Å². The van der Waals surface area contributed by atoms with Gasteiger partial charge in [-0.3, -0.25) is 9.59 Å². The number of nitrogens with one attached hydrogen (secondary N) is 1. The van der Waals surface area contributed by atoms with Crippen LogP contribution in [0, 0.1) is 12.7 Å². The van der Waals surface area contributed by atoms with Crippen molar-refractivity contribution >= 4 is 23.2 Å². The molecule has 0 atom stereocenters. The summed E-state index contributed by atoms with van der Waals surface area (Å²) in [6.07, 6.45) is 1.78. The molecule has 1 aliphatic heterocycles. The topological polar surface area (TPSA) is 49.4 Å². The summed E-state index contributed by atoms with van der Waals surface area (Å²) in [5, 5.41) is 2.83. The van der Waals surface area contributed by atoms with E-state index in [-0.39, 0.29) is 17.6 Å². The maximum atomic E-state index is 13.3. The van der Waals surface area contributed by atoms with Crippen LogP contribution < -0.4 is 10.2 Å². The lowest BCUT2D eigenvalue weighted by atomic mass is 10.0. The number of anilines is 2. The molecule has 0 radical (unpaired) electrons. The van der Waals surface area contributed by atoms with Crippen LogP contribution in [0.4, 0.5) is 15.8 Å². The molecule has 124 valence electrons. The van der Waals surface area contributed by atoms with Gasteiger partial charge in [-0.15, -0.1) is 0 Å². The van der Waals surface area contributed by atoms with E-state index in [1.165, 1.54) is 18.2 Å². The van der Waals surface area contributed by atoms with E-state index < -0.39 is 0 Å². The molecule has 1 heterocycles. The molecule has 0 spiro atoms. The molecule has 0 unspecified atom stereocenters. The molecule has 5 heteroatoms. The maximum absolute atomic E-state index is 13.3. The smallest absolute Gasteiger partial charge is 0.255 e. The van der Waals surface area contributed by atoms with E-state index in [2.05, 4.69) is 5.32 Å². The second kappa shape index (κ2) is 6.43. The van der Waals surface area contributed by atoms with Crippen molar-refractivity contribution in [1.82, 2.24) is 0 Å². The van der Waals surface area contributed by atoms with Crippen LogP contribution in [-0.4, -0.2) is 18.4 Å². The molecular weight excluding hydrogens is 307 g/mol. The molecule has 1 aliphatic rings. The minimum atomic E-state index is -0.329. The van der Waals surface area contributed by atoms with Crippen molar-refractivity contribution < 1.29 is 14.0 Å². The second-order valence-electron chi connectivity index (χ2n) is 6.04. The number of hydrogen-bond donors (Lipinski definition) is 1. The molecule has 24 heavy (non-hydrogen) atoms. The summed E-state index contributed by atoms with van der Waals surface area (Å²) in [6.45, 7) is 3.91. The Balaban J connectivity index is 1.82. The predicted molar refractivity (Wildman–Crippen MR) is 91.9 cm³/mol. The summed E-state index contributed by atoms with van der Waals surface area (Å²) in [7, 11) is 0. The lowest BCUT2D eigenvalue weighted by Gasteiger charge is -2.29. The van der Waals surface area contributed by atoms with Gasteiger partial charge < -0.3 is 10.2 Å². The number of halogens is 1. The van der Waals surface area contributed by atoms with Crippen molar-refractivity contribution in [2.45, 2.75) is 26.7 Å². The molecule has 2 amide bonds. The third-order valence-electron chi connectivity index (χ3n) is 4.26. The van der Waals surface area contributed by atoms with Crippen molar-refractivity contribution in [1.29, 1.82) is 0 Å². The average molecular weight is 326 g/mol. The first-order valence-electron chi connectivity index (χ1n) is 7.94. The number of carbonyl (C=O) groups excluding carboxylic acids is 2. The quantitative estimate of drug-likeness (QED) is 0.915. The van der Waals surface area contributed by atoms with Gasteiger partial charge in [0, 0.05) is 30.4 Å². The highest BCUT2D eigenvalue weighted by atomic mass is 19.1. The van der Waals surface area contributed by atoms with Crippen molar-refractivity contribution in [3.63, 3.8) is 0 Å². The van der Waals surface area contributed by atoms with Gasteiger partial charge in [0.15, 0.2) is 0 Å². The van der Waals surface area contributed by atoms with Crippen LogP contribution in [-0.2, 0) is 11.2 Å². The van der Waals surface area contributed by atoms with Crippen LogP contribution in [0.3, 0.4) is 0 Å². The number of amides is 2. The summed E-state index contributed by atoms with van der Waals surface area (Å²) in [6, 6.07) is 9.84. The molecule has 3 rings (SSSR count). The third kappa shape index (κ3) is 3.15. The van der Waals surface area contributed by atoms with Gasteiger partial charge in [-0.05, 0) is 67.3 Å². The Labute approximate surface area is 140 Å². The molecule has 2 aromatic rings. The number of rotatable bonds is 2. The van der Waals surface area contributed by atoms with Crippen molar-refractivity contribution in [2.24, 2.45) is 0 Å². The van der Waals surface area contributed by atoms with E-state index in [0.717, 1.165) is 30.6 Å². The number of nitrogens with zero attached hydrogens (tertiary/aromatic N) is 1. The Hall–Kier alpha value is -2.69. The van der Waals surface area contributed by atoms with E-state index in [1.54, 1.807) is 24.8 Å². The highest BCUT2D eigenvalue weighted by molar-refractivity contribution is 6.04. The Morgan fingerprint density at radius 1 is 1.17 bits per heavy atom. The van der Waals surface area contributed by atoms with Gasteiger partial charge in [0.2, 0.25) is 5.91 Å². The predicted octanol–water partition coefficient (Wildman–Crippen LogP) is 3.69. The summed E-state index contributed by atoms with van der Waals surface area (Å²) in [4.78, 5) is 25.8. The monoisotopic (exact) mass is 326 g/mol. The number of aryl methyl sites for hydroxylation is 2. The second-order valence-corrected chi connectivity index (χ2v) is 6.04. The molecule has 0 fully saturated rings. The Bertz CT molecular complexity index is 817. The molecule has 0 saturated heterocycles. The van der Waals surface area contributed by atoms with Gasteiger partial charge >= 0.3 is 0 Å². The molecule has 4 nitrogen and oxygen atoms in total. The Morgan fingerprint density at radius 2 is 1.96 bits per heavy atom. The molecule has 0 aliphatic carbocycles. The molecule has 0 saturated carbocycles. The Morgan fingerprint density at radius 3 is 2.67 bits per heavy atom. The summed E-state index contributed by atoms with van der Waals surface area (Å²) in [5.74, 6) is -0.587. The van der Waals surface area contributed by atoms with Crippen molar-refractivity contribution in [3.8, 4) is 0 Å². The fourth-order valence-electron chi connectivity index (χ4n) is 2.99. The standard InChI is InChI=1S/C19H19FN2O2/c1-12-10-15(5-7-17(12)20)19(24)21-16-6-8-18-14(11-16)4-3-9-22(18)13(2)23/h5-8,10-11H,3-4,9H2,1-2H3,(H,21,24). The van der Waals surface area contributed by atoms with Gasteiger partial charge in [0.25, 0.3) is 5.91 Å². The van der Waals surface area contributed by atoms with Crippen LogP contribution in [0.15, 0.2) is 36.4 Å². The minimum absolute atomic E-state index is 0.0227. The lowest BCUT2D eigenvalue weighted by Crippen LogP contribution is -2.33. The van der Waals surface area contributed by atoms with Gasteiger partial charge in [0.1, 0.15) is 5.82 Å². The first-order chi connectivity index (χ1) is 11.5. The lowest BCUT2D eigenvalue weighted by molar-refractivity contribution is -0.116. The molecule has 0 aromatic heterocycles. The normalized spacial score (nSPS) is 13.4. The number of benzene rings is 2. The van der Waals surface area contributed by atoms with E-state index >= 15 is 0 Å². The van der Waals surface area contributed by atoms with Gasteiger partial charge in [-0.25, -0.2) is 4.39 Å². The van der Waals surface area contributed by atoms with E-state index in [9.17, 15) is 14.0 Å². The van der Waals surface area contributed by atoms with Crippen molar-refractivity contribution in [3.05, 3.63) is 58.9 Å². The van der Waals surface area contributed by atoms with Crippen molar-refractivity contribution in [2.75, 3.05) is 16.8 Å². The number of hydrogen-bond acceptors (Lipinski definition) is 2. The van der Waals surface area contributed by atoms with Crippen LogP contribution in [0.2, 0.25) is 0 Å². The number of fused-ring (bicyclic) bond motifs is 1. The first kappa shape index (κ1) is 16.2.